The predicted octanol–water partition coefficient (Wildman–Crippen LogP) is 2.43. The highest BCUT2D eigenvalue weighted by atomic mass is 16.5. The molecule has 1 aliphatic heterocycles. The highest BCUT2D eigenvalue weighted by molar-refractivity contribution is 5.30. The molecule has 0 radical (unpaired) electrons. The van der Waals surface area contributed by atoms with Crippen LogP contribution in [0.15, 0.2) is 24.3 Å². The van der Waals surface area contributed by atoms with Crippen molar-refractivity contribution in [2.45, 2.75) is 25.8 Å². The van der Waals surface area contributed by atoms with E-state index >= 15 is 0 Å². The van der Waals surface area contributed by atoms with Crippen LogP contribution in [-0.4, -0.2) is 31.6 Å². The monoisotopic (exact) mass is 248 g/mol. The van der Waals surface area contributed by atoms with E-state index in [1.807, 2.05) is 12.1 Å². The van der Waals surface area contributed by atoms with E-state index in [2.05, 4.69) is 24.0 Å². The van der Waals surface area contributed by atoms with Crippen molar-refractivity contribution in [2.75, 3.05) is 26.7 Å². The molecule has 0 aliphatic carbocycles. The average Bonchev–Trinajstić information content (AvgIpc) is 2.82. The number of rotatable bonds is 5. The Morgan fingerprint density at radius 1 is 1.33 bits per heavy atom. The van der Waals surface area contributed by atoms with Crippen LogP contribution in [0, 0.1) is 5.92 Å². The quantitative estimate of drug-likeness (QED) is 0.869. The van der Waals surface area contributed by atoms with Gasteiger partial charge in [0.05, 0.1) is 7.11 Å². The Balaban J connectivity index is 2.19. The van der Waals surface area contributed by atoms with E-state index in [0.29, 0.717) is 12.0 Å². The minimum Gasteiger partial charge on any atom is -0.497 e. The van der Waals surface area contributed by atoms with Gasteiger partial charge in [0.25, 0.3) is 0 Å². The van der Waals surface area contributed by atoms with Gasteiger partial charge in [0.15, 0.2) is 0 Å². The van der Waals surface area contributed by atoms with Gasteiger partial charge in [0.1, 0.15) is 5.75 Å². The zero-order chi connectivity index (χ0) is 13.0. The lowest BCUT2D eigenvalue weighted by atomic mass is 9.93. The number of nitrogens with zero attached hydrogens (tertiary/aromatic N) is 1. The van der Waals surface area contributed by atoms with Crippen LogP contribution in [0.4, 0.5) is 0 Å². The summed E-state index contributed by atoms with van der Waals surface area (Å²) in [6.07, 6.45) is 2.41. The zero-order valence-electron chi connectivity index (χ0n) is 11.4. The third-order valence-corrected chi connectivity index (χ3v) is 3.90. The Kier molecular flexibility index (Phi) is 4.61. The van der Waals surface area contributed by atoms with E-state index in [4.69, 9.17) is 10.5 Å². The van der Waals surface area contributed by atoms with E-state index in [9.17, 15) is 0 Å². The average molecular weight is 248 g/mol. The lowest BCUT2D eigenvalue weighted by Gasteiger charge is -2.28. The minimum absolute atomic E-state index is 0.487. The molecule has 18 heavy (non-hydrogen) atoms. The highest BCUT2D eigenvalue weighted by Gasteiger charge is 2.33. The summed E-state index contributed by atoms with van der Waals surface area (Å²) in [5, 5.41) is 0. The molecule has 0 spiro atoms. The number of benzene rings is 1. The van der Waals surface area contributed by atoms with Crippen LogP contribution < -0.4 is 10.5 Å². The molecule has 2 rings (SSSR count). The molecule has 100 valence electrons. The summed E-state index contributed by atoms with van der Waals surface area (Å²) in [6, 6.07) is 8.94. The molecule has 0 aromatic heterocycles. The number of nitrogens with two attached hydrogens (primary N) is 1. The standard InChI is InChI=1S/C15H24N2O/c1-3-9-17-10-8-13(11-16)15(17)12-4-6-14(18-2)7-5-12/h4-7,13,15H,3,8-11,16H2,1-2H3. The topological polar surface area (TPSA) is 38.5 Å². The van der Waals surface area contributed by atoms with Crippen LogP contribution in [0.25, 0.3) is 0 Å². The van der Waals surface area contributed by atoms with Gasteiger partial charge < -0.3 is 10.5 Å². The molecule has 1 aromatic carbocycles. The van der Waals surface area contributed by atoms with Crippen molar-refractivity contribution >= 4 is 0 Å². The highest BCUT2D eigenvalue weighted by Crippen LogP contribution is 2.37. The Hall–Kier alpha value is -1.06. The largest absolute Gasteiger partial charge is 0.497 e. The van der Waals surface area contributed by atoms with Gasteiger partial charge in [-0.2, -0.15) is 0 Å². The van der Waals surface area contributed by atoms with Gasteiger partial charge in [-0.05, 0) is 56.1 Å². The summed E-state index contributed by atoms with van der Waals surface area (Å²) in [5.41, 5.74) is 7.30. The van der Waals surface area contributed by atoms with Gasteiger partial charge in [-0.3, -0.25) is 4.90 Å². The van der Waals surface area contributed by atoms with Crippen LogP contribution in [0.2, 0.25) is 0 Å². The van der Waals surface area contributed by atoms with E-state index < -0.39 is 0 Å². The molecule has 1 saturated heterocycles. The van der Waals surface area contributed by atoms with Crippen LogP contribution in [0.3, 0.4) is 0 Å². The first-order chi connectivity index (χ1) is 8.80. The second-order valence-electron chi connectivity index (χ2n) is 5.04. The van der Waals surface area contributed by atoms with Crippen molar-refractivity contribution in [1.82, 2.24) is 4.90 Å². The Morgan fingerprint density at radius 2 is 2.06 bits per heavy atom. The second-order valence-corrected chi connectivity index (χ2v) is 5.04. The fourth-order valence-electron chi connectivity index (χ4n) is 3.00. The second kappa shape index (κ2) is 6.21. The Labute approximate surface area is 110 Å². The first kappa shape index (κ1) is 13.4. The van der Waals surface area contributed by atoms with Crippen molar-refractivity contribution in [1.29, 1.82) is 0 Å². The maximum Gasteiger partial charge on any atom is 0.118 e. The SMILES string of the molecule is CCCN1CCC(CN)C1c1ccc(OC)cc1. The summed E-state index contributed by atoms with van der Waals surface area (Å²) in [5.74, 6) is 1.51. The number of hydrogen-bond acceptors (Lipinski definition) is 3. The van der Waals surface area contributed by atoms with Crippen molar-refractivity contribution in [3.05, 3.63) is 29.8 Å². The molecule has 1 aromatic rings. The number of hydrogen-bond donors (Lipinski definition) is 1. The van der Waals surface area contributed by atoms with Crippen LogP contribution in [0.1, 0.15) is 31.4 Å². The van der Waals surface area contributed by atoms with E-state index in [1.165, 1.54) is 24.9 Å². The van der Waals surface area contributed by atoms with Gasteiger partial charge in [0, 0.05) is 6.04 Å². The summed E-state index contributed by atoms with van der Waals surface area (Å²) in [4.78, 5) is 2.57. The number of ether oxygens (including phenoxy) is 1. The van der Waals surface area contributed by atoms with Crippen molar-refractivity contribution in [3.8, 4) is 5.75 Å². The maximum atomic E-state index is 5.92. The number of methoxy groups -OCH3 is 1. The molecule has 0 bridgehead atoms. The summed E-state index contributed by atoms with van der Waals surface area (Å²) in [7, 11) is 1.71. The van der Waals surface area contributed by atoms with Crippen molar-refractivity contribution in [3.63, 3.8) is 0 Å². The molecule has 2 unspecified atom stereocenters. The van der Waals surface area contributed by atoms with Gasteiger partial charge in [-0.1, -0.05) is 19.1 Å². The number of likely N-dealkylation sites (tertiary alicyclic amines) is 1. The predicted molar refractivity (Wildman–Crippen MR) is 74.8 cm³/mol. The lowest BCUT2D eigenvalue weighted by molar-refractivity contribution is 0.230. The smallest absolute Gasteiger partial charge is 0.118 e. The molecule has 1 heterocycles. The normalized spacial score (nSPS) is 24.4. The molecule has 0 saturated carbocycles. The molecule has 3 heteroatoms. The molecule has 2 N–H and O–H groups in total. The molecule has 1 fully saturated rings. The third-order valence-electron chi connectivity index (χ3n) is 3.90. The molecule has 0 amide bonds. The first-order valence-corrected chi connectivity index (χ1v) is 6.88. The first-order valence-electron chi connectivity index (χ1n) is 6.88. The van der Waals surface area contributed by atoms with E-state index in [-0.39, 0.29) is 0 Å². The van der Waals surface area contributed by atoms with Gasteiger partial charge in [-0.15, -0.1) is 0 Å². The summed E-state index contributed by atoms with van der Waals surface area (Å²) >= 11 is 0. The molecule has 1 aliphatic rings. The minimum atomic E-state index is 0.487. The lowest BCUT2D eigenvalue weighted by Crippen LogP contribution is -2.28. The van der Waals surface area contributed by atoms with E-state index in [0.717, 1.165) is 18.8 Å². The summed E-state index contributed by atoms with van der Waals surface area (Å²) < 4.78 is 5.22. The molecular weight excluding hydrogens is 224 g/mol. The fraction of sp³-hybridized carbons (Fsp3) is 0.600. The van der Waals surface area contributed by atoms with Gasteiger partial charge in [-0.25, -0.2) is 0 Å². The van der Waals surface area contributed by atoms with E-state index in [1.54, 1.807) is 7.11 Å². The van der Waals surface area contributed by atoms with Gasteiger partial charge in [0.2, 0.25) is 0 Å². The Bertz CT molecular complexity index is 363. The third kappa shape index (κ3) is 2.68. The van der Waals surface area contributed by atoms with Gasteiger partial charge >= 0.3 is 0 Å². The molecule has 2 atom stereocenters. The maximum absolute atomic E-state index is 5.92. The van der Waals surface area contributed by atoms with Crippen LogP contribution in [-0.2, 0) is 0 Å². The molecule has 3 nitrogen and oxygen atoms in total. The summed E-state index contributed by atoms with van der Waals surface area (Å²) in [6.45, 7) is 5.34. The van der Waals surface area contributed by atoms with Crippen LogP contribution in [0.5, 0.6) is 5.75 Å². The molecular formula is C15H24N2O. The van der Waals surface area contributed by atoms with Crippen LogP contribution >= 0.6 is 0 Å². The van der Waals surface area contributed by atoms with Crippen molar-refractivity contribution in [2.24, 2.45) is 11.7 Å². The Morgan fingerprint density at radius 3 is 2.61 bits per heavy atom. The fourth-order valence-corrected chi connectivity index (χ4v) is 3.00. The zero-order valence-corrected chi connectivity index (χ0v) is 11.4. The van der Waals surface area contributed by atoms with Crippen molar-refractivity contribution < 1.29 is 4.74 Å².